The number of hydrogen-bond donors (Lipinski definition) is 1. The molecule has 0 fully saturated rings. The molecule has 2 aromatic heterocycles. The Labute approximate surface area is 106 Å². The minimum absolute atomic E-state index is 0.426. The molecule has 0 saturated heterocycles. The Bertz CT molecular complexity index is 527. The van der Waals surface area contributed by atoms with E-state index in [4.69, 9.17) is 10.3 Å². The van der Waals surface area contributed by atoms with E-state index >= 15 is 0 Å². The molecular weight excluding hydrogens is 230 g/mol. The SMILES string of the molecule is CC(C)(N)C(C)(C)c1nc(-c2cnccn2)no1. The van der Waals surface area contributed by atoms with Crippen LogP contribution in [0.4, 0.5) is 0 Å². The van der Waals surface area contributed by atoms with Crippen molar-refractivity contribution < 1.29 is 4.52 Å². The second-order valence-electron chi connectivity index (χ2n) is 5.36. The van der Waals surface area contributed by atoms with Gasteiger partial charge < -0.3 is 10.3 Å². The average molecular weight is 247 g/mol. The third-order valence-electron chi connectivity index (χ3n) is 3.36. The summed E-state index contributed by atoms with van der Waals surface area (Å²) in [5.41, 5.74) is 5.82. The van der Waals surface area contributed by atoms with Crippen LogP contribution in [-0.2, 0) is 5.41 Å². The minimum atomic E-state index is -0.473. The number of hydrogen-bond acceptors (Lipinski definition) is 6. The zero-order valence-corrected chi connectivity index (χ0v) is 11.0. The summed E-state index contributed by atoms with van der Waals surface area (Å²) in [6.45, 7) is 7.81. The predicted molar refractivity (Wildman–Crippen MR) is 66.6 cm³/mol. The summed E-state index contributed by atoms with van der Waals surface area (Å²) in [5.74, 6) is 0.922. The zero-order valence-electron chi connectivity index (χ0n) is 11.0. The molecule has 6 heteroatoms. The number of nitrogens with two attached hydrogens (primary N) is 1. The first-order chi connectivity index (χ1) is 8.32. The maximum absolute atomic E-state index is 6.14. The van der Waals surface area contributed by atoms with E-state index in [-0.39, 0.29) is 0 Å². The number of aromatic nitrogens is 4. The molecule has 6 nitrogen and oxygen atoms in total. The minimum Gasteiger partial charge on any atom is -0.338 e. The third-order valence-corrected chi connectivity index (χ3v) is 3.36. The summed E-state index contributed by atoms with van der Waals surface area (Å²) in [7, 11) is 0. The first-order valence-corrected chi connectivity index (χ1v) is 5.72. The maximum Gasteiger partial charge on any atom is 0.234 e. The molecule has 96 valence electrons. The maximum atomic E-state index is 6.14. The first kappa shape index (κ1) is 12.6. The normalized spacial score (nSPS) is 12.7. The van der Waals surface area contributed by atoms with Gasteiger partial charge in [0.25, 0.3) is 0 Å². The molecule has 2 N–H and O–H groups in total. The van der Waals surface area contributed by atoms with Crippen molar-refractivity contribution in [3.05, 3.63) is 24.5 Å². The van der Waals surface area contributed by atoms with Gasteiger partial charge in [0.1, 0.15) is 5.69 Å². The molecule has 0 atom stereocenters. The fourth-order valence-corrected chi connectivity index (χ4v) is 1.27. The molecule has 0 saturated carbocycles. The van der Waals surface area contributed by atoms with Crippen molar-refractivity contribution in [1.82, 2.24) is 20.1 Å². The monoisotopic (exact) mass is 247 g/mol. The topological polar surface area (TPSA) is 90.7 Å². The summed E-state index contributed by atoms with van der Waals surface area (Å²) in [5, 5.41) is 3.92. The molecule has 0 bridgehead atoms. The van der Waals surface area contributed by atoms with Crippen LogP contribution >= 0.6 is 0 Å². The van der Waals surface area contributed by atoms with Gasteiger partial charge in [-0.05, 0) is 27.7 Å². The van der Waals surface area contributed by atoms with Gasteiger partial charge in [-0.3, -0.25) is 4.98 Å². The molecular formula is C12H17N5O. The highest BCUT2D eigenvalue weighted by Gasteiger charge is 2.40. The Morgan fingerprint density at radius 1 is 1.17 bits per heavy atom. The average Bonchev–Trinajstić information content (AvgIpc) is 2.78. The lowest BCUT2D eigenvalue weighted by Crippen LogP contribution is -2.50. The number of rotatable bonds is 3. The molecule has 0 aliphatic carbocycles. The van der Waals surface area contributed by atoms with E-state index < -0.39 is 11.0 Å². The Balaban J connectivity index is 2.38. The molecule has 2 rings (SSSR count). The van der Waals surface area contributed by atoms with Crippen LogP contribution in [0.1, 0.15) is 33.6 Å². The van der Waals surface area contributed by atoms with Gasteiger partial charge in [-0.15, -0.1) is 0 Å². The van der Waals surface area contributed by atoms with E-state index in [0.29, 0.717) is 17.4 Å². The van der Waals surface area contributed by atoms with Gasteiger partial charge in [-0.2, -0.15) is 4.98 Å². The summed E-state index contributed by atoms with van der Waals surface area (Å²) >= 11 is 0. The van der Waals surface area contributed by atoms with Gasteiger partial charge in [-0.1, -0.05) is 5.16 Å². The quantitative estimate of drug-likeness (QED) is 0.884. The largest absolute Gasteiger partial charge is 0.338 e. The second kappa shape index (κ2) is 4.13. The lowest BCUT2D eigenvalue weighted by molar-refractivity contribution is 0.223. The van der Waals surface area contributed by atoms with Gasteiger partial charge >= 0.3 is 0 Å². The van der Waals surface area contributed by atoms with Crippen molar-refractivity contribution in [3.8, 4) is 11.5 Å². The van der Waals surface area contributed by atoms with Crippen molar-refractivity contribution in [2.75, 3.05) is 0 Å². The Morgan fingerprint density at radius 3 is 2.44 bits per heavy atom. The lowest BCUT2D eigenvalue weighted by Gasteiger charge is -2.34. The van der Waals surface area contributed by atoms with Crippen LogP contribution < -0.4 is 5.73 Å². The second-order valence-corrected chi connectivity index (χ2v) is 5.36. The van der Waals surface area contributed by atoms with Crippen LogP contribution in [0.3, 0.4) is 0 Å². The van der Waals surface area contributed by atoms with Gasteiger partial charge in [-0.25, -0.2) is 4.98 Å². The Kier molecular flexibility index (Phi) is 2.90. The summed E-state index contributed by atoms with van der Waals surface area (Å²) in [4.78, 5) is 12.5. The van der Waals surface area contributed by atoms with E-state index in [0.717, 1.165) is 0 Å². The lowest BCUT2D eigenvalue weighted by atomic mass is 9.75. The highest BCUT2D eigenvalue weighted by Crippen LogP contribution is 2.32. The standard InChI is InChI=1S/C12H17N5O/c1-11(2,12(3,4)13)10-16-9(17-18-10)8-7-14-5-6-15-8/h5-7H,13H2,1-4H3. The molecule has 0 aromatic carbocycles. The Hall–Kier alpha value is -1.82. The van der Waals surface area contributed by atoms with E-state index in [9.17, 15) is 0 Å². The zero-order chi connectivity index (χ0) is 13.4. The van der Waals surface area contributed by atoms with Crippen molar-refractivity contribution >= 4 is 0 Å². The van der Waals surface area contributed by atoms with Crippen LogP contribution in [0.2, 0.25) is 0 Å². The van der Waals surface area contributed by atoms with Crippen molar-refractivity contribution in [3.63, 3.8) is 0 Å². The van der Waals surface area contributed by atoms with E-state index in [1.54, 1.807) is 18.6 Å². The molecule has 0 radical (unpaired) electrons. The molecule has 0 unspecified atom stereocenters. The molecule has 0 aliphatic rings. The molecule has 0 amide bonds. The van der Waals surface area contributed by atoms with Gasteiger partial charge in [0.15, 0.2) is 0 Å². The highest BCUT2D eigenvalue weighted by molar-refractivity contribution is 5.45. The fraction of sp³-hybridized carbons (Fsp3) is 0.500. The van der Waals surface area contributed by atoms with Crippen molar-refractivity contribution in [2.45, 2.75) is 38.6 Å². The summed E-state index contributed by atoms with van der Waals surface area (Å²) < 4.78 is 5.30. The number of nitrogens with zero attached hydrogens (tertiary/aromatic N) is 4. The molecule has 0 spiro atoms. The summed E-state index contributed by atoms with van der Waals surface area (Å²) in [6, 6.07) is 0. The Morgan fingerprint density at radius 2 is 1.89 bits per heavy atom. The van der Waals surface area contributed by atoms with Crippen molar-refractivity contribution in [1.29, 1.82) is 0 Å². The van der Waals surface area contributed by atoms with Crippen LogP contribution in [0.25, 0.3) is 11.5 Å². The van der Waals surface area contributed by atoms with Crippen LogP contribution in [0.5, 0.6) is 0 Å². The van der Waals surface area contributed by atoms with Crippen LogP contribution in [0.15, 0.2) is 23.1 Å². The van der Waals surface area contributed by atoms with E-state index in [1.807, 2.05) is 27.7 Å². The highest BCUT2D eigenvalue weighted by atomic mass is 16.5. The first-order valence-electron chi connectivity index (χ1n) is 5.72. The van der Waals surface area contributed by atoms with Gasteiger partial charge in [0.2, 0.25) is 11.7 Å². The fourth-order valence-electron chi connectivity index (χ4n) is 1.27. The predicted octanol–water partition coefficient (Wildman–Crippen LogP) is 1.54. The summed E-state index contributed by atoms with van der Waals surface area (Å²) in [6.07, 6.45) is 4.77. The van der Waals surface area contributed by atoms with Crippen LogP contribution in [0, 0.1) is 0 Å². The molecule has 2 heterocycles. The van der Waals surface area contributed by atoms with E-state index in [1.165, 1.54) is 0 Å². The van der Waals surface area contributed by atoms with E-state index in [2.05, 4.69) is 20.1 Å². The van der Waals surface area contributed by atoms with Crippen molar-refractivity contribution in [2.24, 2.45) is 5.73 Å². The van der Waals surface area contributed by atoms with Crippen LogP contribution in [-0.4, -0.2) is 25.6 Å². The van der Waals surface area contributed by atoms with Gasteiger partial charge in [0.05, 0.1) is 11.6 Å². The smallest absolute Gasteiger partial charge is 0.234 e. The molecule has 2 aromatic rings. The van der Waals surface area contributed by atoms with Gasteiger partial charge in [0, 0.05) is 17.9 Å². The molecule has 0 aliphatic heterocycles. The molecule has 18 heavy (non-hydrogen) atoms. The third kappa shape index (κ3) is 2.11.